The molecule has 1 atom stereocenters. The number of likely N-dealkylation sites (tertiary alicyclic amines) is 1. The number of rotatable bonds is 3. The Labute approximate surface area is 143 Å². The molecule has 0 spiro atoms. The molecule has 1 saturated heterocycles. The molecule has 4 rings (SSSR count). The summed E-state index contributed by atoms with van der Waals surface area (Å²) in [4.78, 5) is 2.51. The molecule has 1 heterocycles. The SMILES string of the molecule is Cc1ccc([C@@H](c2c(O)ccc3ccccc23)N2CCCC2)cc1. The van der Waals surface area contributed by atoms with E-state index in [1.165, 1.54) is 29.4 Å². The highest BCUT2D eigenvalue weighted by Gasteiger charge is 2.28. The monoisotopic (exact) mass is 317 g/mol. The molecule has 24 heavy (non-hydrogen) atoms. The van der Waals surface area contributed by atoms with E-state index < -0.39 is 0 Å². The average Bonchev–Trinajstić information content (AvgIpc) is 3.13. The van der Waals surface area contributed by atoms with Crippen LogP contribution in [-0.4, -0.2) is 23.1 Å². The Morgan fingerprint density at radius 3 is 2.33 bits per heavy atom. The molecule has 0 unspecified atom stereocenters. The van der Waals surface area contributed by atoms with E-state index in [0.29, 0.717) is 5.75 Å². The van der Waals surface area contributed by atoms with Gasteiger partial charge in [-0.2, -0.15) is 0 Å². The van der Waals surface area contributed by atoms with Gasteiger partial charge in [-0.25, -0.2) is 0 Å². The first-order valence-corrected chi connectivity index (χ1v) is 8.75. The zero-order chi connectivity index (χ0) is 16.5. The van der Waals surface area contributed by atoms with Crippen molar-refractivity contribution in [3.63, 3.8) is 0 Å². The van der Waals surface area contributed by atoms with Gasteiger partial charge in [0.1, 0.15) is 5.75 Å². The maximum absolute atomic E-state index is 10.7. The molecular formula is C22H23NO. The van der Waals surface area contributed by atoms with Gasteiger partial charge in [-0.15, -0.1) is 0 Å². The lowest BCUT2D eigenvalue weighted by Gasteiger charge is -2.30. The molecule has 1 aliphatic rings. The Morgan fingerprint density at radius 1 is 0.875 bits per heavy atom. The molecule has 0 saturated carbocycles. The summed E-state index contributed by atoms with van der Waals surface area (Å²) in [6.45, 7) is 4.28. The molecule has 1 N–H and O–H groups in total. The fourth-order valence-corrected chi connectivity index (χ4v) is 3.88. The zero-order valence-electron chi connectivity index (χ0n) is 14.1. The summed E-state index contributed by atoms with van der Waals surface area (Å²) in [5.74, 6) is 0.395. The van der Waals surface area contributed by atoms with E-state index >= 15 is 0 Å². The Kier molecular flexibility index (Phi) is 3.99. The van der Waals surface area contributed by atoms with Gasteiger partial charge in [0.2, 0.25) is 0 Å². The predicted octanol–water partition coefficient (Wildman–Crippen LogP) is 5.04. The largest absolute Gasteiger partial charge is 0.508 e. The van der Waals surface area contributed by atoms with E-state index in [0.717, 1.165) is 24.0 Å². The number of hydrogen-bond donors (Lipinski definition) is 1. The van der Waals surface area contributed by atoms with Crippen molar-refractivity contribution in [2.24, 2.45) is 0 Å². The van der Waals surface area contributed by atoms with Gasteiger partial charge in [0, 0.05) is 5.56 Å². The van der Waals surface area contributed by atoms with Gasteiger partial charge in [0.15, 0.2) is 0 Å². The highest BCUT2D eigenvalue weighted by molar-refractivity contribution is 5.88. The number of benzene rings is 3. The third-order valence-electron chi connectivity index (χ3n) is 5.12. The van der Waals surface area contributed by atoms with E-state index in [-0.39, 0.29) is 6.04 Å². The van der Waals surface area contributed by atoms with E-state index in [9.17, 15) is 5.11 Å². The number of nitrogens with zero attached hydrogens (tertiary/aromatic N) is 1. The van der Waals surface area contributed by atoms with Crippen molar-refractivity contribution in [2.75, 3.05) is 13.1 Å². The Morgan fingerprint density at radius 2 is 1.58 bits per heavy atom. The van der Waals surface area contributed by atoms with Crippen molar-refractivity contribution in [3.05, 3.63) is 77.4 Å². The van der Waals surface area contributed by atoms with Crippen LogP contribution in [0.4, 0.5) is 0 Å². The lowest BCUT2D eigenvalue weighted by atomic mass is 9.91. The van der Waals surface area contributed by atoms with Crippen LogP contribution < -0.4 is 0 Å². The summed E-state index contributed by atoms with van der Waals surface area (Å²) < 4.78 is 0. The first-order chi connectivity index (χ1) is 11.7. The summed E-state index contributed by atoms with van der Waals surface area (Å²) in [6.07, 6.45) is 2.46. The average molecular weight is 317 g/mol. The lowest BCUT2D eigenvalue weighted by Crippen LogP contribution is -2.26. The Balaban J connectivity index is 1.93. The zero-order valence-corrected chi connectivity index (χ0v) is 14.1. The van der Waals surface area contributed by atoms with Crippen LogP contribution in [0.15, 0.2) is 60.7 Å². The highest BCUT2D eigenvalue weighted by atomic mass is 16.3. The summed E-state index contributed by atoms with van der Waals surface area (Å²) in [5, 5.41) is 13.1. The molecule has 0 aromatic heterocycles. The fraction of sp³-hybridized carbons (Fsp3) is 0.273. The normalized spacial score (nSPS) is 16.5. The number of hydrogen-bond acceptors (Lipinski definition) is 2. The standard InChI is InChI=1S/C22H23NO/c1-16-8-10-18(11-9-16)22(23-14-4-5-15-23)21-19-7-3-2-6-17(19)12-13-20(21)24/h2-3,6-13,22,24H,4-5,14-15H2,1H3/t22-/m0/s1. The van der Waals surface area contributed by atoms with Crippen molar-refractivity contribution >= 4 is 10.8 Å². The molecule has 0 bridgehead atoms. The molecule has 1 fully saturated rings. The van der Waals surface area contributed by atoms with Gasteiger partial charge in [0.25, 0.3) is 0 Å². The molecule has 1 aliphatic heterocycles. The quantitative estimate of drug-likeness (QED) is 0.731. The molecule has 3 aromatic rings. The minimum Gasteiger partial charge on any atom is -0.508 e. The third kappa shape index (κ3) is 2.67. The van der Waals surface area contributed by atoms with Gasteiger partial charge in [-0.3, -0.25) is 4.90 Å². The number of aromatic hydroxyl groups is 1. The second-order valence-electron chi connectivity index (χ2n) is 6.78. The number of phenols is 1. The Hall–Kier alpha value is -2.32. The van der Waals surface area contributed by atoms with Crippen LogP contribution in [0.1, 0.15) is 35.6 Å². The van der Waals surface area contributed by atoms with Gasteiger partial charge in [-0.05, 0) is 55.3 Å². The summed E-state index contributed by atoms with van der Waals surface area (Å²) in [5.41, 5.74) is 3.56. The van der Waals surface area contributed by atoms with E-state index in [4.69, 9.17) is 0 Å². The van der Waals surface area contributed by atoms with Crippen molar-refractivity contribution in [1.29, 1.82) is 0 Å². The summed E-state index contributed by atoms with van der Waals surface area (Å²) in [7, 11) is 0. The summed E-state index contributed by atoms with van der Waals surface area (Å²) >= 11 is 0. The van der Waals surface area contributed by atoms with Crippen molar-refractivity contribution < 1.29 is 5.11 Å². The molecule has 0 amide bonds. The van der Waals surface area contributed by atoms with E-state index in [2.05, 4.69) is 60.4 Å². The highest BCUT2D eigenvalue weighted by Crippen LogP contribution is 2.40. The fourth-order valence-electron chi connectivity index (χ4n) is 3.88. The van der Waals surface area contributed by atoms with Gasteiger partial charge >= 0.3 is 0 Å². The van der Waals surface area contributed by atoms with Crippen LogP contribution in [0.25, 0.3) is 10.8 Å². The van der Waals surface area contributed by atoms with Gasteiger partial charge < -0.3 is 5.11 Å². The first kappa shape index (κ1) is 15.2. The number of fused-ring (bicyclic) bond motifs is 1. The molecular weight excluding hydrogens is 294 g/mol. The Bertz CT molecular complexity index is 847. The van der Waals surface area contributed by atoms with E-state index in [1.807, 2.05) is 12.1 Å². The maximum Gasteiger partial charge on any atom is 0.121 e. The second kappa shape index (κ2) is 6.29. The molecule has 3 aromatic carbocycles. The number of aryl methyl sites for hydroxylation is 1. The van der Waals surface area contributed by atoms with Crippen LogP contribution >= 0.6 is 0 Å². The van der Waals surface area contributed by atoms with Crippen LogP contribution in [-0.2, 0) is 0 Å². The third-order valence-corrected chi connectivity index (χ3v) is 5.12. The van der Waals surface area contributed by atoms with Gasteiger partial charge in [0.05, 0.1) is 6.04 Å². The first-order valence-electron chi connectivity index (χ1n) is 8.75. The summed E-state index contributed by atoms with van der Waals surface area (Å²) in [6, 6.07) is 21.1. The molecule has 122 valence electrons. The lowest BCUT2D eigenvalue weighted by molar-refractivity contribution is 0.277. The minimum absolute atomic E-state index is 0.110. The predicted molar refractivity (Wildman–Crippen MR) is 99.4 cm³/mol. The minimum atomic E-state index is 0.110. The molecule has 0 radical (unpaired) electrons. The molecule has 2 nitrogen and oxygen atoms in total. The molecule has 0 aliphatic carbocycles. The van der Waals surface area contributed by atoms with Crippen molar-refractivity contribution in [1.82, 2.24) is 4.90 Å². The van der Waals surface area contributed by atoms with E-state index in [1.54, 1.807) is 0 Å². The van der Waals surface area contributed by atoms with Crippen LogP contribution in [0.3, 0.4) is 0 Å². The van der Waals surface area contributed by atoms with Gasteiger partial charge in [-0.1, -0.05) is 60.2 Å². The molecule has 2 heteroatoms. The number of phenolic OH excluding ortho intramolecular Hbond substituents is 1. The van der Waals surface area contributed by atoms with Crippen molar-refractivity contribution in [2.45, 2.75) is 25.8 Å². The smallest absolute Gasteiger partial charge is 0.121 e. The van der Waals surface area contributed by atoms with Crippen LogP contribution in [0, 0.1) is 6.92 Å². The topological polar surface area (TPSA) is 23.5 Å². The maximum atomic E-state index is 10.7. The van der Waals surface area contributed by atoms with Crippen molar-refractivity contribution in [3.8, 4) is 5.75 Å². The second-order valence-corrected chi connectivity index (χ2v) is 6.78. The van der Waals surface area contributed by atoms with Crippen LogP contribution in [0.5, 0.6) is 5.75 Å². The van der Waals surface area contributed by atoms with Crippen LogP contribution in [0.2, 0.25) is 0 Å².